The second-order valence-electron chi connectivity index (χ2n) is 6.21. The second kappa shape index (κ2) is 7.69. The fourth-order valence-corrected chi connectivity index (χ4v) is 4.04. The maximum atomic E-state index is 13.7. The van der Waals surface area contributed by atoms with Crippen molar-refractivity contribution in [3.63, 3.8) is 0 Å². The number of rotatable bonds is 5. The van der Waals surface area contributed by atoms with Crippen LogP contribution in [-0.2, 0) is 14.8 Å². The normalized spacial score (nSPS) is 15.9. The minimum atomic E-state index is -4.49. The van der Waals surface area contributed by atoms with Crippen molar-refractivity contribution in [3.8, 4) is 0 Å². The number of aryl methyl sites for hydroxylation is 1. The molecule has 146 valence electrons. The number of carbonyl (C=O) groups excluding carboxylic acids is 1. The number of likely N-dealkylation sites (tertiary alicyclic amines) is 1. The first-order valence-electron chi connectivity index (χ1n) is 8.29. The fourth-order valence-electron chi connectivity index (χ4n) is 2.93. The third kappa shape index (κ3) is 4.30. The predicted octanol–water partition coefficient (Wildman–Crippen LogP) is 1.34. The SMILES string of the molecule is Cc1noc(C2CCN(C(=O)CNS(=O)(=O)c3c(F)cccc3F)CC2)n1. The molecule has 11 heteroatoms. The molecule has 1 saturated heterocycles. The third-order valence-electron chi connectivity index (χ3n) is 4.34. The lowest BCUT2D eigenvalue weighted by Gasteiger charge is -2.30. The minimum absolute atomic E-state index is 0.0412. The first-order chi connectivity index (χ1) is 12.8. The van der Waals surface area contributed by atoms with Gasteiger partial charge in [0.25, 0.3) is 0 Å². The highest BCUT2D eigenvalue weighted by atomic mass is 32.2. The van der Waals surface area contributed by atoms with Gasteiger partial charge in [-0.05, 0) is 31.9 Å². The fraction of sp³-hybridized carbons (Fsp3) is 0.438. The molecule has 0 spiro atoms. The first-order valence-corrected chi connectivity index (χ1v) is 9.78. The minimum Gasteiger partial charge on any atom is -0.342 e. The number of benzene rings is 1. The number of nitrogens with zero attached hydrogens (tertiary/aromatic N) is 3. The molecule has 0 unspecified atom stereocenters. The Morgan fingerprint density at radius 1 is 1.30 bits per heavy atom. The Morgan fingerprint density at radius 3 is 2.48 bits per heavy atom. The van der Waals surface area contributed by atoms with Crippen molar-refractivity contribution in [3.05, 3.63) is 41.5 Å². The van der Waals surface area contributed by atoms with E-state index in [0.29, 0.717) is 37.6 Å². The van der Waals surface area contributed by atoms with Gasteiger partial charge >= 0.3 is 0 Å². The molecule has 1 aromatic carbocycles. The highest BCUT2D eigenvalue weighted by Gasteiger charge is 2.29. The van der Waals surface area contributed by atoms with Gasteiger partial charge in [0.2, 0.25) is 21.8 Å². The molecule has 1 fully saturated rings. The third-order valence-corrected chi connectivity index (χ3v) is 5.79. The molecule has 1 aromatic heterocycles. The van der Waals surface area contributed by atoms with Crippen LogP contribution in [-0.4, -0.2) is 49.0 Å². The zero-order chi connectivity index (χ0) is 19.6. The maximum absolute atomic E-state index is 13.7. The topological polar surface area (TPSA) is 105 Å². The molecule has 1 aliphatic rings. The smallest absolute Gasteiger partial charge is 0.246 e. The van der Waals surface area contributed by atoms with Gasteiger partial charge in [-0.15, -0.1) is 0 Å². The molecular formula is C16H18F2N4O4S. The van der Waals surface area contributed by atoms with Crippen molar-refractivity contribution in [2.45, 2.75) is 30.6 Å². The van der Waals surface area contributed by atoms with Crippen LogP contribution in [0.2, 0.25) is 0 Å². The molecule has 0 radical (unpaired) electrons. The van der Waals surface area contributed by atoms with E-state index in [0.717, 1.165) is 18.2 Å². The monoisotopic (exact) mass is 400 g/mol. The van der Waals surface area contributed by atoms with Gasteiger partial charge in [0.05, 0.1) is 6.54 Å². The van der Waals surface area contributed by atoms with Gasteiger partial charge in [0, 0.05) is 19.0 Å². The predicted molar refractivity (Wildman–Crippen MR) is 89.1 cm³/mol. The lowest BCUT2D eigenvalue weighted by molar-refractivity contribution is -0.131. The van der Waals surface area contributed by atoms with Crippen molar-refractivity contribution < 1.29 is 26.5 Å². The number of sulfonamides is 1. The summed E-state index contributed by atoms with van der Waals surface area (Å²) in [5.41, 5.74) is 0. The summed E-state index contributed by atoms with van der Waals surface area (Å²) in [5.74, 6) is -1.81. The number of carbonyl (C=O) groups is 1. The van der Waals surface area contributed by atoms with Crippen molar-refractivity contribution in [2.24, 2.45) is 0 Å². The van der Waals surface area contributed by atoms with Crippen molar-refractivity contribution in [1.82, 2.24) is 19.8 Å². The number of hydrogen-bond acceptors (Lipinski definition) is 6. The van der Waals surface area contributed by atoms with Crippen LogP contribution in [0.25, 0.3) is 0 Å². The van der Waals surface area contributed by atoms with Crippen molar-refractivity contribution in [1.29, 1.82) is 0 Å². The van der Waals surface area contributed by atoms with Gasteiger partial charge in [-0.1, -0.05) is 11.2 Å². The molecule has 2 aromatic rings. The molecular weight excluding hydrogens is 382 g/mol. The van der Waals surface area contributed by atoms with Crippen LogP contribution in [0.3, 0.4) is 0 Å². The maximum Gasteiger partial charge on any atom is 0.246 e. The summed E-state index contributed by atoms with van der Waals surface area (Å²) in [4.78, 5) is 16.8. The van der Waals surface area contributed by atoms with Gasteiger partial charge < -0.3 is 9.42 Å². The van der Waals surface area contributed by atoms with E-state index in [-0.39, 0.29) is 5.92 Å². The molecule has 0 aliphatic carbocycles. The van der Waals surface area contributed by atoms with Gasteiger partial charge in [-0.2, -0.15) is 4.98 Å². The van der Waals surface area contributed by atoms with Crippen LogP contribution in [0.15, 0.2) is 27.6 Å². The Kier molecular flexibility index (Phi) is 5.51. The molecule has 2 heterocycles. The second-order valence-corrected chi connectivity index (χ2v) is 7.91. The van der Waals surface area contributed by atoms with E-state index < -0.39 is 39.0 Å². The molecule has 0 atom stereocenters. The lowest BCUT2D eigenvalue weighted by Crippen LogP contribution is -2.44. The van der Waals surface area contributed by atoms with E-state index in [1.165, 1.54) is 4.90 Å². The Morgan fingerprint density at radius 2 is 1.93 bits per heavy atom. The van der Waals surface area contributed by atoms with E-state index in [1.807, 2.05) is 4.72 Å². The quantitative estimate of drug-likeness (QED) is 0.812. The summed E-state index contributed by atoms with van der Waals surface area (Å²) in [6.07, 6.45) is 1.20. The summed E-state index contributed by atoms with van der Waals surface area (Å²) in [5, 5.41) is 3.74. The van der Waals surface area contributed by atoms with E-state index in [2.05, 4.69) is 10.1 Å². The zero-order valence-corrected chi connectivity index (χ0v) is 15.3. The first kappa shape index (κ1) is 19.4. The summed E-state index contributed by atoms with van der Waals surface area (Å²) in [7, 11) is -4.49. The Bertz CT molecular complexity index is 919. The van der Waals surface area contributed by atoms with Crippen molar-refractivity contribution in [2.75, 3.05) is 19.6 Å². The van der Waals surface area contributed by atoms with E-state index in [4.69, 9.17) is 4.52 Å². The van der Waals surface area contributed by atoms with Gasteiger partial charge in [0.15, 0.2) is 10.7 Å². The van der Waals surface area contributed by atoms with Crippen LogP contribution in [0.5, 0.6) is 0 Å². The average Bonchev–Trinajstić information content (AvgIpc) is 3.06. The standard InChI is InChI=1S/C16H18F2N4O4S/c1-10-20-16(26-21-10)11-5-7-22(8-6-11)14(23)9-19-27(24,25)15-12(17)3-2-4-13(15)18/h2-4,11,19H,5-9H2,1H3. The van der Waals surface area contributed by atoms with Gasteiger partial charge in [-0.3, -0.25) is 4.79 Å². The van der Waals surface area contributed by atoms with Crippen LogP contribution >= 0.6 is 0 Å². The summed E-state index contributed by atoms with van der Waals surface area (Å²) >= 11 is 0. The lowest BCUT2D eigenvalue weighted by atomic mass is 9.97. The summed E-state index contributed by atoms with van der Waals surface area (Å²) in [6, 6.07) is 2.73. The van der Waals surface area contributed by atoms with Crippen LogP contribution in [0, 0.1) is 18.6 Å². The number of aromatic nitrogens is 2. The largest absolute Gasteiger partial charge is 0.342 e. The van der Waals surface area contributed by atoms with E-state index in [1.54, 1.807) is 6.92 Å². The molecule has 1 amide bonds. The van der Waals surface area contributed by atoms with Crippen LogP contribution in [0.1, 0.15) is 30.5 Å². The van der Waals surface area contributed by atoms with Gasteiger partial charge in [0.1, 0.15) is 11.6 Å². The molecule has 27 heavy (non-hydrogen) atoms. The van der Waals surface area contributed by atoms with Crippen LogP contribution < -0.4 is 4.72 Å². The average molecular weight is 400 g/mol. The highest BCUT2D eigenvalue weighted by Crippen LogP contribution is 2.26. The molecule has 3 rings (SSSR count). The van der Waals surface area contributed by atoms with E-state index >= 15 is 0 Å². The number of nitrogens with one attached hydrogen (secondary N) is 1. The number of amides is 1. The molecule has 8 nitrogen and oxygen atoms in total. The Balaban J connectivity index is 1.57. The van der Waals surface area contributed by atoms with Gasteiger partial charge in [-0.25, -0.2) is 21.9 Å². The van der Waals surface area contributed by atoms with Crippen LogP contribution in [0.4, 0.5) is 8.78 Å². The molecule has 0 bridgehead atoms. The highest BCUT2D eigenvalue weighted by molar-refractivity contribution is 7.89. The Labute approximate surface area is 154 Å². The molecule has 0 saturated carbocycles. The molecule has 1 N–H and O–H groups in total. The number of halogens is 2. The number of piperidine rings is 1. The van der Waals surface area contributed by atoms with E-state index in [9.17, 15) is 22.0 Å². The summed E-state index contributed by atoms with van der Waals surface area (Å²) < 4.78 is 58.6. The van der Waals surface area contributed by atoms with Crippen molar-refractivity contribution >= 4 is 15.9 Å². The summed E-state index contributed by atoms with van der Waals surface area (Å²) in [6.45, 7) is 1.91. The zero-order valence-electron chi connectivity index (χ0n) is 14.5. The Hall–Kier alpha value is -2.40. The number of hydrogen-bond donors (Lipinski definition) is 1. The molecule has 1 aliphatic heterocycles.